The van der Waals surface area contributed by atoms with Crippen LogP contribution in [0.25, 0.3) is 0 Å². The highest BCUT2D eigenvalue weighted by atomic mass is 16.6. The van der Waals surface area contributed by atoms with Gasteiger partial charge in [0.1, 0.15) is 0 Å². The second kappa shape index (κ2) is 8.22. The molecule has 4 aliphatic rings. The molecule has 1 aromatic carbocycles. The van der Waals surface area contributed by atoms with E-state index in [0.717, 1.165) is 57.4 Å². The van der Waals surface area contributed by atoms with Gasteiger partial charge in [-0.2, -0.15) is 0 Å². The van der Waals surface area contributed by atoms with Crippen LogP contribution in [-0.4, -0.2) is 66.2 Å². The van der Waals surface area contributed by atoms with Crippen molar-refractivity contribution in [2.75, 3.05) is 31.1 Å². The first kappa shape index (κ1) is 19.9. The van der Waals surface area contributed by atoms with E-state index in [1.807, 2.05) is 19.1 Å². The fourth-order valence-corrected chi connectivity index (χ4v) is 6.37. The van der Waals surface area contributed by atoms with Crippen molar-refractivity contribution in [2.45, 2.75) is 70.0 Å². The van der Waals surface area contributed by atoms with Gasteiger partial charge in [0.15, 0.2) is 0 Å². The molecule has 0 aromatic heterocycles. The summed E-state index contributed by atoms with van der Waals surface area (Å²) in [7, 11) is 0. The summed E-state index contributed by atoms with van der Waals surface area (Å²) in [5.74, 6) is 0.881. The highest BCUT2D eigenvalue weighted by Gasteiger charge is 2.43. The molecule has 162 valence electrons. The number of carbonyl (C=O) groups is 2. The van der Waals surface area contributed by atoms with Crippen molar-refractivity contribution < 1.29 is 14.3 Å². The second-order valence-corrected chi connectivity index (χ2v) is 9.45. The van der Waals surface area contributed by atoms with Gasteiger partial charge >= 0.3 is 6.09 Å². The predicted molar refractivity (Wildman–Crippen MR) is 115 cm³/mol. The molecule has 0 radical (unpaired) electrons. The van der Waals surface area contributed by atoms with Crippen LogP contribution in [-0.2, 0) is 16.0 Å². The molecule has 30 heavy (non-hydrogen) atoms. The van der Waals surface area contributed by atoms with Crippen LogP contribution in [0.3, 0.4) is 0 Å². The third kappa shape index (κ3) is 3.59. The molecule has 5 rings (SSSR count). The Labute approximate surface area is 179 Å². The number of likely N-dealkylation sites (tertiary alicyclic amines) is 1. The number of anilines is 1. The summed E-state index contributed by atoms with van der Waals surface area (Å²) in [6.45, 7) is 5.45. The first-order chi connectivity index (χ1) is 14.6. The van der Waals surface area contributed by atoms with Crippen molar-refractivity contribution in [1.82, 2.24) is 9.80 Å². The zero-order chi connectivity index (χ0) is 20.7. The second-order valence-electron chi connectivity index (χ2n) is 9.45. The molecule has 1 aromatic rings. The summed E-state index contributed by atoms with van der Waals surface area (Å²) in [6.07, 6.45) is 7.08. The molecular formula is C24H33N3O3. The molecular weight excluding hydrogens is 378 g/mol. The largest absolute Gasteiger partial charge is 0.450 e. The fraction of sp³-hybridized carbons (Fsp3) is 0.667. The molecule has 4 aliphatic heterocycles. The average Bonchev–Trinajstić information content (AvgIpc) is 3.30. The Kier molecular flexibility index (Phi) is 5.44. The van der Waals surface area contributed by atoms with Gasteiger partial charge in [0.2, 0.25) is 5.91 Å². The minimum absolute atomic E-state index is 0.113. The lowest BCUT2D eigenvalue weighted by molar-refractivity contribution is -0.117. The van der Waals surface area contributed by atoms with Crippen LogP contribution in [0, 0.1) is 5.92 Å². The van der Waals surface area contributed by atoms with Crippen LogP contribution in [0.2, 0.25) is 0 Å². The maximum Gasteiger partial charge on any atom is 0.410 e. The highest BCUT2D eigenvalue weighted by molar-refractivity contribution is 6.01. The summed E-state index contributed by atoms with van der Waals surface area (Å²) in [4.78, 5) is 31.8. The quantitative estimate of drug-likeness (QED) is 0.762. The van der Waals surface area contributed by atoms with Crippen molar-refractivity contribution >= 4 is 17.7 Å². The summed E-state index contributed by atoms with van der Waals surface area (Å²) in [5.41, 5.74) is 2.28. The maximum atomic E-state index is 12.7. The first-order valence-electron chi connectivity index (χ1n) is 11.7. The number of fused-ring (bicyclic) bond motifs is 3. The van der Waals surface area contributed by atoms with Gasteiger partial charge in [0, 0.05) is 37.4 Å². The molecule has 6 heteroatoms. The predicted octanol–water partition coefficient (Wildman–Crippen LogP) is 3.44. The normalized spacial score (nSPS) is 31.2. The van der Waals surface area contributed by atoms with Gasteiger partial charge in [-0.05, 0) is 63.0 Å². The Hall–Kier alpha value is -2.08. The van der Waals surface area contributed by atoms with Crippen LogP contribution < -0.4 is 4.90 Å². The van der Waals surface area contributed by atoms with Crippen molar-refractivity contribution in [3.63, 3.8) is 0 Å². The Morgan fingerprint density at radius 1 is 1.10 bits per heavy atom. The maximum absolute atomic E-state index is 12.7. The highest BCUT2D eigenvalue weighted by Crippen LogP contribution is 2.39. The van der Waals surface area contributed by atoms with E-state index in [0.29, 0.717) is 37.1 Å². The SMILES string of the molecule is CCOC(=O)N1C2CCCC1CC(CN1CC[C@H](N3C(=O)Cc4ccccc43)C1)C2. The van der Waals surface area contributed by atoms with Gasteiger partial charge in [0.25, 0.3) is 0 Å². The smallest absolute Gasteiger partial charge is 0.410 e. The number of rotatable bonds is 4. The van der Waals surface area contributed by atoms with Gasteiger partial charge in [-0.25, -0.2) is 4.79 Å². The number of hydrogen-bond acceptors (Lipinski definition) is 4. The molecule has 4 heterocycles. The summed E-state index contributed by atoms with van der Waals surface area (Å²) in [6, 6.07) is 9.20. The molecule has 0 spiro atoms. The summed E-state index contributed by atoms with van der Waals surface area (Å²) >= 11 is 0. The monoisotopic (exact) mass is 411 g/mol. The van der Waals surface area contributed by atoms with E-state index in [4.69, 9.17) is 4.74 Å². The third-order valence-electron chi connectivity index (χ3n) is 7.54. The van der Waals surface area contributed by atoms with Gasteiger partial charge in [-0.1, -0.05) is 18.2 Å². The number of piperidine rings is 2. The molecule has 6 nitrogen and oxygen atoms in total. The van der Waals surface area contributed by atoms with Crippen molar-refractivity contribution in [1.29, 1.82) is 0 Å². The van der Waals surface area contributed by atoms with E-state index in [-0.39, 0.29) is 12.0 Å². The molecule has 2 unspecified atom stereocenters. The van der Waals surface area contributed by atoms with E-state index in [2.05, 4.69) is 26.8 Å². The Morgan fingerprint density at radius 2 is 1.87 bits per heavy atom. The first-order valence-corrected chi connectivity index (χ1v) is 11.7. The number of amides is 2. The zero-order valence-corrected chi connectivity index (χ0v) is 18.0. The summed E-state index contributed by atoms with van der Waals surface area (Å²) < 4.78 is 5.34. The number of ether oxygens (including phenoxy) is 1. The van der Waals surface area contributed by atoms with Crippen LogP contribution in [0.1, 0.15) is 51.0 Å². The summed E-state index contributed by atoms with van der Waals surface area (Å²) in [5, 5.41) is 0. The van der Waals surface area contributed by atoms with Gasteiger partial charge < -0.3 is 19.4 Å². The van der Waals surface area contributed by atoms with Crippen LogP contribution >= 0.6 is 0 Å². The van der Waals surface area contributed by atoms with Crippen LogP contribution in [0.4, 0.5) is 10.5 Å². The van der Waals surface area contributed by atoms with E-state index in [1.165, 1.54) is 12.0 Å². The molecule has 3 saturated heterocycles. The van der Waals surface area contributed by atoms with E-state index < -0.39 is 0 Å². The third-order valence-corrected chi connectivity index (χ3v) is 7.54. The van der Waals surface area contributed by atoms with E-state index in [9.17, 15) is 9.59 Å². The lowest BCUT2D eigenvalue weighted by Gasteiger charge is -2.48. The molecule has 3 atom stereocenters. The van der Waals surface area contributed by atoms with Crippen molar-refractivity contribution in [2.24, 2.45) is 5.92 Å². The number of para-hydroxylation sites is 1. The minimum Gasteiger partial charge on any atom is -0.450 e. The minimum atomic E-state index is -0.113. The molecule has 0 aliphatic carbocycles. The molecule has 0 saturated carbocycles. The number of hydrogen-bond donors (Lipinski definition) is 0. The number of nitrogens with zero attached hydrogens (tertiary/aromatic N) is 3. The molecule has 2 amide bonds. The van der Waals surface area contributed by atoms with Gasteiger partial charge in [0.05, 0.1) is 19.1 Å². The van der Waals surface area contributed by atoms with Crippen molar-refractivity contribution in [3.05, 3.63) is 29.8 Å². The van der Waals surface area contributed by atoms with E-state index >= 15 is 0 Å². The van der Waals surface area contributed by atoms with Crippen LogP contribution in [0.5, 0.6) is 0 Å². The fourth-order valence-electron chi connectivity index (χ4n) is 6.37. The Balaban J connectivity index is 1.20. The lowest BCUT2D eigenvalue weighted by atomic mass is 9.78. The van der Waals surface area contributed by atoms with Crippen molar-refractivity contribution in [3.8, 4) is 0 Å². The van der Waals surface area contributed by atoms with E-state index in [1.54, 1.807) is 0 Å². The molecule has 0 N–H and O–H groups in total. The molecule has 3 fully saturated rings. The molecule has 2 bridgehead atoms. The zero-order valence-electron chi connectivity index (χ0n) is 18.0. The van der Waals surface area contributed by atoms with Gasteiger partial charge in [-0.15, -0.1) is 0 Å². The lowest BCUT2D eigenvalue weighted by Crippen LogP contribution is -2.56. The Morgan fingerprint density at radius 3 is 2.63 bits per heavy atom. The number of benzene rings is 1. The van der Waals surface area contributed by atoms with Gasteiger partial charge in [-0.3, -0.25) is 4.79 Å². The Bertz CT molecular complexity index is 799. The average molecular weight is 412 g/mol. The number of carbonyl (C=O) groups excluding carboxylic acids is 2. The van der Waals surface area contributed by atoms with Crippen LogP contribution in [0.15, 0.2) is 24.3 Å². The standard InChI is InChI=1S/C24H33N3O3/c1-2-30-24(29)26-19-7-5-8-20(26)13-17(12-19)15-25-11-10-21(16-25)27-22-9-4-3-6-18(22)14-23(27)28/h3-4,6,9,17,19-21H,2,5,7-8,10-16H2,1H3/t17?,19?,20?,21-/m0/s1. The topological polar surface area (TPSA) is 53.1 Å².